The number of aromatic hydroxyl groups is 1. The minimum Gasteiger partial charge on any atom is -0.507 e. The molecular formula is C18H21N5O2. The van der Waals surface area contributed by atoms with Crippen LogP contribution in [0, 0.1) is 12.3 Å². The van der Waals surface area contributed by atoms with Crippen LogP contribution in [-0.4, -0.2) is 50.9 Å². The average Bonchev–Trinajstić information content (AvgIpc) is 2.66. The van der Waals surface area contributed by atoms with Crippen LogP contribution in [0.4, 0.5) is 5.82 Å². The van der Waals surface area contributed by atoms with Gasteiger partial charge in [-0.2, -0.15) is 0 Å². The Kier molecular flexibility index (Phi) is 3.74. The van der Waals surface area contributed by atoms with Gasteiger partial charge in [-0.15, -0.1) is 16.6 Å². The molecule has 0 amide bonds. The van der Waals surface area contributed by atoms with Crippen molar-refractivity contribution in [1.29, 1.82) is 0 Å². The molecule has 1 aliphatic heterocycles. The van der Waals surface area contributed by atoms with Gasteiger partial charge >= 0.3 is 0 Å². The van der Waals surface area contributed by atoms with E-state index in [1.54, 1.807) is 12.1 Å². The maximum atomic E-state index is 12.7. The molecule has 1 saturated heterocycles. The number of nitrogens with one attached hydrogen (secondary N) is 1. The first-order valence-corrected chi connectivity index (χ1v) is 7.96. The lowest BCUT2D eigenvalue weighted by atomic mass is 10.1. The van der Waals surface area contributed by atoms with Gasteiger partial charge in [0.05, 0.1) is 5.56 Å². The molecule has 0 saturated carbocycles. The monoisotopic (exact) mass is 342 g/mol. The molecule has 0 spiro atoms. The zero-order chi connectivity index (χ0) is 20.5. The Morgan fingerprint density at radius 1 is 1.48 bits per heavy atom. The van der Waals surface area contributed by atoms with Crippen LogP contribution in [0.2, 0.25) is 0 Å². The molecule has 2 N–H and O–H groups in total. The first-order chi connectivity index (χ1) is 13.2. The SMILES string of the molecule is [2H]C([2H])([2H])N1CCC[C@@H](Nc2nnc(-c3ccc(C#C)cc3O)n(C)c2=O)C1. The second kappa shape index (κ2) is 6.95. The number of nitrogens with zero attached hydrogens (tertiary/aromatic N) is 4. The molecule has 1 aromatic heterocycles. The van der Waals surface area contributed by atoms with Gasteiger partial charge in [0, 0.05) is 29.3 Å². The third-order valence-corrected chi connectivity index (χ3v) is 4.24. The summed E-state index contributed by atoms with van der Waals surface area (Å²) in [5.74, 6) is 2.57. The molecule has 0 aliphatic carbocycles. The van der Waals surface area contributed by atoms with E-state index in [-0.39, 0.29) is 30.0 Å². The number of benzene rings is 1. The van der Waals surface area contributed by atoms with E-state index < -0.39 is 12.5 Å². The highest BCUT2D eigenvalue weighted by Gasteiger charge is 2.20. The van der Waals surface area contributed by atoms with Crippen molar-refractivity contribution in [2.45, 2.75) is 18.9 Å². The van der Waals surface area contributed by atoms with E-state index >= 15 is 0 Å². The maximum Gasteiger partial charge on any atom is 0.296 e. The molecule has 3 rings (SSSR count). The first kappa shape index (κ1) is 13.4. The maximum absolute atomic E-state index is 12.7. The average molecular weight is 342 g/mol. The Morgan fingerprint density at radius 2 is 2.32 bits per heavy atom. The van der Waals surface area contributed by atoms with Crippen LogP contribution in [0.5, 0.6) is 5.75 Å². The number of likely N-dealkylation sites (N-methyl/N-ethyl adjacent to an activating group) is 1. The number of likely N-dealkylation sites (tertiary alicyclic amines) is 1. The topological polar surface area (TPSA) is 83.3 Å². The number of piperidine rings is 1. The Morgan fingerprint density at radius 3 is 3.04 bits per heavy atom. The number of terminal acetylenes is 1. The molecule has 130 valence electrons. The van der Waals surface area contributed by atoms with Gasteiger partial charge in [-0.1, -0.05) is 5.92 Å². The summed E-state index contributed by atoms with van der Waals surface area (Å²) in [4.78, 5) is 14.1. The van der Waals surface area contributed by atoms with Gasteiger partial charge in [-0.05, 0) is 44.6 Å². The highest BCUT2D eigenvalue weighted by molar-refractivity contribution is 5.65. The van der Waals surface area contributed by atoms with Crippen molar-refractivity contribution in [2.75, 3.05) is 25.4 Å². The van der Waals surface area contributed by atoms with Crippen molar-refractivity contribution >= 4 is 5.82 Å². The zero-order valence-electron chi connectivity index (χ0n) is 16.9. The number of hydrogen-bond acceptors (Lipinski definition) is 6. The molecule has 1 aromatic carbocycles. The summed E-state index contributed by atoms with van der Waals surface area (Å²) in [6, 6.07) is 4.42. The van der Waals surface area contributed by atoms with Crippen LogP contribution >= 0.6 is 0 Å². The number of rotatable bonds is 3. The number of anilines is 1. The standard InChI is InChI=1S/C18H21N5O2/c1-4-12-7-8-14(15(24)10-12)17-21-20-16(18(25)23(17)3)19-13-6-5-9-22(2)11-13/h1,7-8,10,13,24H,5-6,9,11H2,2-3H3,(H,19,20)/t13-/m1/s1/i2D3. The summed E-state index contributed by atoms with van der Waals surface area (Å²) in [5, 5.41) is 21.2. The molecule has 0 bridgehead atoms. The molecule has 0 radical (unpaired) electrons. The Labute approximate surface area is 150 Å². The van der Waals surface area contributed by atoms with Gasteiger partial charge in [0.15, 0.2) is 5.82 Å². The fraction of sp³-hybridized carbons (Fsp3) is 0.389. The van der Waals surface area contributed by atoms with E-state index in [1.165, 1.54) is 22.6 Å². The third-order valence-electron chi connectivity index (χ3n) is 4.24. The molecular weight excluding hydrogens is 318 g/mol. The molecule has 7 nitrogen and oxygen atoms in total. The van der Waals surface area contributed by atoms with Crippen LogP contribution in [0.15, 0.2) is 23.0 Å². The third kappa shape index (κ3) is 3.49. The Bertz CT molecular complexity index is 981. The summed E-state index contributed by atoms with van der Waals surface area (Å²) in [5.41, 5.74) is 0.425. The summed E-state index contributed by atoms with van der Waals surface area (Å²) in [6.07, 6.45) is 6.75. The normalized spacial score (nSPS) is 20.2. The van der Waals surface area contributed by atoms with Crippen molar-refractivity contribution in [1.82, 2.24) is 19.7 Å². The number of phenols is 1. The Hall–Kier alpha value is -2.85. The van der Waals surface area contributed by atoms with Gasteiger partial charge < -0.3 is 15.3 Å². The molecule has 2 heterocycles. The quantitative estimate of drug-likeness (QED) is 0.811. The highest BCUT2D eigenvalue weighted by atomic mass is 16.3. The van der Waals surface area contributed by atoms with Crippen LogP contribution < -0.4 is 10.9 Å². The lowest BCUT2D eigenvalue weighted by Gasteiger charge is -2.30. The van der Waals surface area contributed by atoms with Crippen LogP contribution in [0.1, 0.15) is 22.5 Å². The van der Waals surface area contributed by atoms with Crippen molar-refractivity contribution in [3.63, 3.8) is 0 Å². The molecule has 2 aromatic rings. The van der Waals surface area contributed by atoms with Crippen molar-refractivity contribution in [2.24, 2.45) is 7.05 Å². The number of phenolic OH excluding ortho intramolecular Hbond substituents is 1. The largest absolute Gasteiger partial charge is 0.507 e. The van der Waals surface area contributed by atoms with Gasteiger partial charge in [0.1, 0.15) is 5.75 Å². The number of aromatic nitrogens is 3. The van der Waals surface area contributed by atoms with E-state index in [9.17, 15) is 9.90 Å². The van der Waals surface area contributed by atoms with Crippen molar-refractivity contribution < 1.29 is 9.22 Å². The van der Waals surface area contributed by atoms with Gasteiger partial charge in [-0.25, -0.2) is 0 Å². The molecule has 1 atom stereocenters. The zero-order valence-corrected chi connectivity index (χ0v) is 13.9. The van der Waals surface area contributed by atoms with E-state index in [1.807, 2.05) is 0 Å². The van der Waals surface area contributed by atoms with Crippen LogP contribution in [-0.2, 0) is 7.05 Å². The fourth-order valence-electron chi connectivity index (χ4n) is 2.89. The second-order valence-corrected chi connectivity index (χ2v) is 6.04. The highest BCUT2D eigenvalue weighted by Crippen LogP contribution is 2.27. The van der Waals surface area contributed by atoms with Crippen molar-refractivity contribution in [3.05, 3.63) is 34.1 Å². The fourth-order valence-corrected chi connectivity index (χ4v) is 2.89. The molecule has 7 heteroatoms. The van der Waals surface area contributed by atoms with Crippen LogP contribution in [0.3, 0.4) is 0 Å². The first-order valence-electron chi connectivity index (χ1n) is 9.46. The van der Waals surface area contributed by atoms with E-state index in [0.717, 1.165) is 6.42 Å². The summed E-state index contributed by atoms with van der Waals surface area (Å²) < 4.78 is 23.9. The van der Waals surface area contributed by atoms with Gasteiger partial charge in [0.2, 0.25) is 5.82 Å². The lowest BCUT2D eigenvalue weighted by molar-refractivity contribution is 0.260. The Balaban J connectivity index is 1.85. The molecule has 1 aliphatic rings. The lowest BCUT2D eigenvalue weighted by Crippen LogP contribution is -2.41. The minimum atomic E-state index is -2.16. The van der Waals surface area contributed by atoms with Crippen molar-refractivity contribution in [3.8, 4) is 29.5 Å². The van der Waals surface area contributed by atoms with Gasteiger partial charge in [-0.3, -0.25) is 9.36 Å². The molecule has 25 heavy (non-hydrogen) atoms. The number of hydrogen-bond donors (Lipinski definition) is 2. The summed E-state index contributed by atoms with van der Waals surface area (Å²) in [7, 11) is 1.53. The predicted molar refractivity (Wildman–Crippen MR) is 96.5 cm³/mol. The van der Waals surface area contributed by atoms with E-state index in [4.69, 9.17) is 10.5 Å². The second-order valence-electron chi connectivity index (χ2n) is 6.04. The molecule has 0 unspecified atom stereocenters. The molecule has 1 fully saturated rings. The van der Waals surface area contributed by atoms with Gasteiger partial charge in [0.25, 0.3) is 5.56 Å². The summed E-state index contributed by atoms with van der Waals surface area (Å²) >= 11 is 0. The predicted octanol–water partition coefficient (Wildman–Crippen LogP) is 1.04. The summed E-state index contributed by atoms with van der Waals surface area (Å²) in [6.45, 7) is -1.38. The minimum absolute atomic E-state index is 0.0448. The smallest absolute Gasteiger partial charge is 0.296 e. The van der Waals surface area contributed by atoms with E-state index in [0.29, 0.717) is 24.1 Å². The van der Waals surface area contributed by atoms with E-state index in [2.05, 4.69) is 21.4 Å². The van der Waals surface area contributed by atoms with Crippen LogP contribution in [0.25, 0.3) is 11.4 Å².